The first-order valence-corrected chi connectivity index (χ1v) is 7.14. The molecule has 0 saturated heterocycles. The maximum Gasteiger partial charge on any atom is 0.308 e. The maximum atomic E-state index is 11.9. The number of hydrogen-bond acceptors (Lipinski definition) is 3. The minimum Gasteiger partial charge on any atom is -0.481 e. The molecule has 0 heterocycles. The predicted octanol–water partition coefficient (Wildman–Crippen LogP) is 1.42. The van der Waals surface area contributed by atoms with Crippen LogP contribution in [0.2, 0.25) is 0 Å². The highest BCUT2D eigenvalue weighted by Crippen LogP contribution is 2.48. The first kappa shape index (κ1) is 14.3. The smallest absolute Gasteiger partial charge is 0.308 e. The molecule has 0 unspecified atom stereocenters. The van der Waals surface area contributed by atoms with Crippen molar-refractivity contribution >= 4 is 11.9 Å². The molecule has 1 amide bonds. The molecule has 0 aromatic carbocycles. The topological polar surface area (TPSA) is 75.6 Å². The molecule has 0 spiro atoms. The second-order valence-corrected chi connectivity index (χ2v) is 5.74. The van der Waals surface area contributed by atoms with Crippen LogP contribution in [0.25, 0.3) is 0 Å². The number of unbranched alkanes of at least 4 members (excludes halogenated alkanes) is 1. The van der Waals surface area contributed by atoms with Crippen molar-refractivity contribution in [3.8, 4) is 0 Å². The number of fused-ring (bicyclic) bond motifs is 2. The van der Waals surface area contributed by atoms with E-state index in [2.05, 4.69) is 5.32 Å². The average Bonchev–Trinajstić information content (AvgIpc) is 2.95. The zero-order valence-electron chi connectivity index (χ0n) is 11.4. The first-order chi connectivity index (χ1) is 9.13. The van der Waals surface area contributed by atoms with Gasteiger partial charge in [0, 0.05) is 26.2 Å². The Morgan fingerprint density at radius 2 is 2.00 bits per heavy atom. The molecule has 0 aromatic rings. The highest BCUT2D eigenvalue weighted by atomic mass is 16.5. The van der Waals surface area contributed by atoms with Crippen LogP contribution in [-0.2, 0) is 14.3 Å². The predicted molar refractivity (Wildman–Crippen MR) is 69.6 cm³/mol. The molecule has 0 aliphatic heterocycles. The van der Waals surface area contributed by atoms with Crippen molar-refractivity contribution in [3.05, 3.63) is 0 Å². The Morgan fingerprint density at radius 3 is 2.68 bits per heavy atom. The molecule has 108 valence electrons. The van der Waals surface area contributed by atoms with E-state index in [0.29, 0.717) is 18.9 Å². The van der Waals surface area contributed by atoms with Gasteiger partial charge < -0.3 is 15.2 Å². The monoisotopic (exact) mass is 269 g/mol. The summed E-state index contributed by atoms with van der Waals surface area (Å²) in [6.07, 6.45) is 5.14. The number of carboxylic acids is 1. The van der Waals surface area contributed by atoms with Crippen molar-refractivity contribution in [3.63, 3.8) is 0 Å². The van der Waals surface area contributed by atoms with Gasteiger partial charge in [0.25, 0.3) is 0 Å². The molecular formula is C14H23NO4. The van der Waals surface area contributed by atoms with Crippen molar-refractivity contribution < 1.29 is 19.4 Å². The van der Waals surface area contributed by atoms with Crippen LogP contribution >= 0.6 is 0 Å². The zero-order chi connectivity index (χ0) is 13.8. The lowest BCUT2D eigenvalue weighted by Crippen LogP contribution is -2.46. The first-order valence-electron chi connectivity index (χ1n) is 7.14. The SMILES string of the molecule is COCCCCC(=O)N[C@H]1[C@H]2CC[C@@H](C2)[C@@H]1C(=O)O. The lowest BCUT2D eigenvalue weighted by Gasteiger charge is -2.28. The maximum absolute atomic E-state index is 11.9. The van der Waals surface area contributed by atoms with Gasteiger partial charge in [0.05, 0.1) is 5.92 Å². The minimum absolute atomic E-state index is 0.0140. The van der Waals surface area contributed by atoms with Gasteiger partial charge in [0.2, 0.25) is 5.91 Å². The Morgan fingerprint density at radius 1 is 1.26 bits per heavy atom. The van der Waals surface area contributed by atoms with Crippen molar-refractivity contribution in [2.75, 3.05) is 13.7 Å². The third-order valence-corrected chi connectivity index (χ3v) is 4.53. The molecule has 2 rings (SSSR count). The van der Waals surface area contributed by atoms with Gasteiger partial charge in [-0.25, -0.2) is 0 Å². The fraction of sp³-hybridized carbons (Fsp3) is 0.857. The normalized spacial score (nSPS) is 32.5. The molecule has 2 aliphatic carbocycles. The van der Waals surface area contributed by atoms with Crippen LogP contribution in [0, 0.1) is 17.8 Å². The number of methoxy groups -OCH3 is 1. The summed E-state index contributed by atoms with van der Waals surface area (Å²) in [5.74, 6) is -0.506. The molecule has 2 saturated carbocycles. The molecule has 4 atom stereocenters. The highest BCUT2D eigenvalue weighted by Gasteiger charge is 2.51. The van der Waals surface area contributed by atoms with Crippen molar-refractivity contribution in [2.45, 2.75) is 44.6 Å². The summed E-state index contributed by atoms with van der Waals surface area (Å²) in [5, 5.41) is 12.3. The summed E-state index contributed by atoms with van der Waals surface area (Å²) in [6, 6.07) is -0.147. The Balaban J connectivity index is 1.80. The number of hydrogen-bond donors (Lipinski definition) is 2. The van der Waals surface area contributed by atoms with Gasteiger partial charge in [-0.05, 0) is 43.9 Å². The molecule has 2 N–H and O–H groups in total. The fourth-order valence-corrected chi connectivity index (χ4v) is 3.64. The number of carbonyl (C=O) groups is 2. The van der Waals surface area contributed by atoms with Crippen LogP contribution in [-0.4, -0.2) is 36.7 Å². The molecule has 2 aliphatic rings. The summed E-state index contributed by atoms with van der Waals surface area (Å²) in [7, 11) is 1.65. The summed E-state index contributed by atoms with van der Waals surface area (Å²) in [6.45, 7) is 0.666. The number of ether oxygens (including phenoxy) is 1. The second-order valence-electron chi connectivity index (χ2n) is 5.74. The number of nitrogens with one attached hydrogen (secondary N) is 1. The Hall–Kier alpha value is -1.10. The molecule has 2 bridgehead atoms. The van der Waals surface area contributed by atoms with Gasteiger partial charge in [-0.2, -0.15) is 0 Å². The van der Waals surface area contributed by atoms with E-state index >= 15 is 0 Å². The standard InChI is InChI=1S/C14H23NO4/c1-19-7-3-2-4-11(16)15-13-10-6-5-9(8-10)12(13)14(17)18/h9-10,12-13H,2-8H2,1H3,(H,15,16)(H,17,18)/t9-,10-,12-,13-/m0/s1. The number of carbonyl (C=O) groups excluding carboxylic acids is 1. The quantitative estimate of drug-likeness (QED) is 0.685. The molecule has 0 radical (unpaired) electrons. The Labute approximate surface area is 113 Å². The van der Waals surface area contributed by atoms with Crippen LogP contribution in [0.4, 0.5) is 0 Å². The fourth-order valence-electron chi connectivity index (χ4n) is 3.64. The van der Waals surface area contributed by atoms with Crippen molar-refractivity contribution in [1.29, 1.82) is 0 Å². The number of amides is 1. The molecule has 0 aromatic heterocycles. The summed E-state index contributed by atoms with van der Waals surface area (Å²) >= 11 is 0. The summed E-state index contributed by atoms with van der Waals surface area (Å²) < 4.78 is 4.94. The number of carboxylic acid groups (broad SMARTS) is 1. The van der Waals surface area contributed by atoms with E-state index in [4.69, 9.17) is 4.74 Å². The van der Waals surface area contributed by atoms with Gasteiger partial charge in [-0.15, -0.1) is 0 Å². The number of aliphatic carboxylic acids is 1. The number of rotatable bonds is 7. The van der Waals surface area contributed by atoms with E-state index in [1.807, 2.05) is 0 Å². The lowest BCUT2D eigenvalue weighted by atomic mass is 9.84. The van der Waals surface area contributed by atoms with E-state index in [1.165, 1.54) is 0 Å². The largest absolute Gasteiger partial charge is 0.481 e. The minimum atomic E-state index is -0.753. The third-order valence-electron chi connectivity index (χ3n) is 4.53. The molecule has 5 nitrogen and oxygen atoms in total. The zero-order valence-corrected chi connectivity index (χ0v) is 11.4. The van der Waals surface area contributed by atoms with Gasteiger partial charge in [-0.1, -0.05) is 0 Å². The van der Waals surface area contributed by atoms with Crippen LogP contribution in [0.5, 0.6) is 0 Å². The molecular weight excluding hydrogens is 246 g/mol. The van der Waals surface area contributed by atoms with Crippen LogP contribution in [0.15, 0.2) is 0 Å². The van der Waals surface area contributed by atoms with E-state index in [9.17, 15) is 14.7 Å². The average molecular weight is 269 g/mol. The molecule has 5 heteroatoms. The lowest BCUT2D eigenvalue weighted by molar-refractivity contribution is -0.144. The summed E-state index contributed by atoms with van der Waals surface area (Å²) in [4.78, 5) is 23.2. The Kier molecular flexibility index (Phi) is 4.80. The van der Waals surface area contributed by atoms with Crippen molar-refractivity contribution in [1.82, 2.24) is 5.32 Å². The van der Waals surface area contributed by atoms with Gasteiger partial charge in [0.15, 0.2) is 0 Å². The molecule has 2 fully saturated rings. The van der Waals surface area contributed by atoms with E-state index in [0.717, 1.165) is 32.1 Å². The van der Waals surface area contributed by atoms with Gasteiger partial charge in [0.1, 0.15) is 0 Å². The van der Waals surface area contributed by atoms with Gasteiger partial charge in [-0.3, -0.25) is 9.59 Å². The van der Waals surface area contributed by atoms with Gasteiger partial charge >= 0.3 is 5.97 Å². The van der Waals surface area contributed by atoms with E-state index in [1.54, 1.807) is 7.11 Å². The van der Waals surface area contributed by atoms with Crippen LogP contribution in [0.1, 0.15) is 38.5 Å². The van der Waals surface area contributed by atoms with E-state index in [-0.39, 0.29) is 23.8 Å². The van der Waals surface area contributed by atoms with Crippen LogP contribution < -0.4 is 5.32 Å². The second kappa shape index (κ2) is 6.37. The highest BCUT2D eigenvalue weighted by molar-refractivity contribution is 5.78. The summed E-state index contributed by atoms with van der Waals surface area (Å²) in [5.41, 5.74) is 0. The van der Waals surface area contributed by atoms with Crippen molar-refractivity contribution in [2.24, 2.45) is 17.8 Å². The Bertz CT molecular complexity index is 344. The third kappa shape index (κ3) is 3.26. The van der Waals surface area contributed by atoms with Crippen LogP contribution in [0.3, 0.4) is 0 Å². The molecule has 19 heavy (non-hydrogen) atoms. The van der Waals surface area contributed by atoms with E-state index < -0.39 is 5.97 Å².